The van der Waals surface area contributed by atoms with Gasteiger partial charge in [0.25, 0.3) is 0 Å². The molecular weight excluding hydrogens is 220 g/mol. The first-order valence-electron chi connectivity index (χ1n) is 4.95. The summed E-state index contributed by atoms with van der Waals surface area (Å²) in [6.45, 7) is 2.32. The smallest absolute Gasteiger partial charge is 0.307 e. The fourth-order valence-electron chi connectivity index (χ4n) is 1.59. The van der Waals surface area contributed by atoms with E-state index in [9.17, 15) is 13.2 Å². The zero-order valence-electron chi connectivity index (χ0n) is 8.68. The monoisotopic (exact) mass is 236 g/mol. The lowest BCUT2D eigenvalue weighted by atomic mass is 10.2. The highest BCUT2D eigenvalue weighted by Gasteiger charge is 2.30. The molecule has 15 heavy (non-hydrogen) atoms. The van der Waals surface area contributed by atoms with Crippen molar-refractivity contribution in [2.45, 2.75) is 25.0 Å². The van der Waals surface area contributed by atoms with Gasteiger partial charge in [-0.2, -0.15) is 0 Å². The van der Waals surface area contributed by atoms with Crippen LogP contribution in [0.5, 0.6) is 0 Å². The van der Waals surface area contributed by atoms with Gasteiger partial charge in [-0.1, -0.05) is 6.92 Å². The molecule has 0 aromatic rings. The van der Waals surface area contributed by atoms with Crippen LogP contribution in [-0.4, -0.2) is 43.7 Å². The van der Waals surface area contributed by atoms with Crippen molar-refractivity contribution in [2.75, 3.05) is 19.0 Å². The van der Waals surface area contributed by atoms with E-state index in [4.69, 9.17) is 9.84 Å². The van der Waals surface area contributed by atoms with Crippen molar-refractivity contribution in [2.24, 2.45) is 5.92 Å². The third-order valence-electron chi connectivity index (χ3n) is 2.58. The second kappa shape index (κ2) is 4.94. The molecule has 0 spiro atoms. The van der Waals surface area contributed by atoms with E-state index in [-0.39, 0.29) is 5.75 Å². The van der Waals surface area contributed by atoms with Crippen molar-refractivity contribution in [1.82, 2.24) is 0 Å². The Morgan fingerprint density at radius 2 is 2.00 bits per heavy atom. The van der Waals surface area contributed by atoms with Gasteiger partial charge < -0.3 is 9.84 Å². The van der Waals surface area contributed by atoms with E-state index in [2.05, 4.69) is 0 Å². The Morgan fingerprint density at radius 1 is 1.47 bits per heavy atom. The molecule has 0 aliphatic carbocycles. The third-order valence-corrected chi connectivity index (χ3v) is 5.03. The second-order valence-corrected chi connectivity index (χ2v) is 6.21. The number of sulfone groups is 1. The maximum Gasteiger partial charge on any atom is 0.307 e. The van der Waals surface area contributed by atoms with Crippen LogP contribution in [0.2, 0.25) is 0 Å². The van der Waals surface area contributed by atoms with E-state index >= 15 is 0 Å². The number of ether oxygens (including phenoxy) is 1. The summed E-state index contributed by atoms with van der Waals surface area (Å²) >= 11 is 0. The van der Waals surface area contributed by atoms with E-state index in [1.807, 2.05) is 0 Å². The molecule has 1 atom stereocenters. The molecule has 1 fully saturated rings. The first kappa shape index (κ1) is 12.4. The molecule has 0 aromatic carbocycles. The Morgan fingerprint density at radius 3 is 2.47 bits per heavy atom. The molecule has 1 saturated heterocycles. The number of aliphatic carboxylic acids is 1. The minimum Gasteiger partial charge on any atom is -0.481 e. The number of hydrogen-bond acceptors (Lipinski definition) is 4. The van der Waals surface area contributed by atoms with Crippen molar-refractivity contribution in [3.63, 3.8) is 0 Å². The molecule has 1 unspecified atom stereocenters. The molecule has 0 saturated carbocycles. The average molecular weight is 236 g/mol. The fourth-order valence-corrected chi connectivity index (χ4v) is 3.61. The van der Waals surface area contributed by atoms with Crippen LogP contribution in [0.1, 0.15) is 19.8 Å². The Hall–Kier alpha value is -0.620. The van der Waals surface area contributed by atoms with Crippen molar-refractivity contribution in [1.29, 1.82) is 0 Å². The largest absolute Gasteiger partial charge is 0.481 e. The Bertz CT molecular complexity index is 315. The van der Waals surface area contributed by atoms with E-state index in [0.717, 1.165) is 0 Å². The highest BCUT2D eigenvalue weighted by molar-refractivity contribution is 7.92. The topological polar surface area (TPSA) is 80.7 Å². The normalized spacial score (nSPS) is 21.1. The maximum atomic E-state index is 11.8. The number of carboxylic acid groups (broad SMARTS) is 1. The number of rotatable bonds is 4. The first-order chi connectivity index (χ1) is 6.93. The molecule has 1 N–H and O–H groups in total. The summed E-state index contributed by atoms with van der Waals surface area (Å²) in [7, 11) is -3.29. The minimum atomic E-state index is -3.29. The van der Waals surface area contributed by atoms with Gasteiger partial charge in [-0.15, -0.1) is 0 Å². The van der Waals surface area contributed by atoms with Crippen molar-refractivity contribution >= 4 is 15.8 Å². The molecule has 0 amide bonds. The van der Waals surface area contributed by atoms with Crippen LogP contribution in [-0.2, 0) is 19.4 Å². The molecular formula is C9H16O5S. The average Bonchev–Trinajstić information content (AvgIpc) is 2.18. The van der Waals surface area contributed by atoms with Gasteiger partial charge in [0, 0.05) is 13.2 Å². The summed E-state index contributed by atoms with van der Waals surface area (Å²) < 4.78 is 28.6. The zero-order chi connectivity index (χ0) is 11.5. The highest BCUT2D eigenvalue weighted by Crippen LogP contribution is 2.18. The van der Waals surface area contributed by atoms with Gasteiger partial charge in [0.05, 0.1) is 16.9 Å². The van der Waals surface area contributed by atoms with Gasteiger partial charge in [0.15, 0.2) is 9.84 Å². The summed E-state index contributed by atoms with van der Waals surface area (Å²) in [6, 6.07) is 0. The summed E-state index contributed by atoms with van der Waals surface area (Å²) in [5, 5.41) is 8.23. The van der Waals surface area contributed by atoms with Crippen LogP contribution < -0.4 is 0 Å². The van der Waals surface area contributed by atoms with Crippen molar-refractivity contribution in [3.8, 4) is 0 Å². The van der Waals surface area contributed by atoms with Crippen LogP contribution in [0.4, 0.5) is 0 Å². The van der Waals surface area contributed by atoms with Crippen molar-refractivity contribution < 1.29 is 23.1 Å². The van der Waals surface area contributed by atoms with Crippen molar-refractivity contribution in [3.05, 3.63) is 0 Å². The molecule has 0 bridgehead atoms. The molecule has 88 valence electrons. The van der Waals surface area contributed by atoms with Crippen LogP contribution in [0.3, 0.4) is 0 Å². The Labute approximate surface area is 89.3 Å². The maximum absolute atomic E-state index is 11.8. The Balaban J connectivity index is 2.61. The first-order valence-corrected chi connectivity index (χ1v) is 6.67. The summed E-state index contributed by atoms with van der Waals surface area (Å²) in [5.41, 5.74) is 0. The minimum absolute atomic E-state index is 0.271. The summed E-state index contributed by atoms with van der Waals surface area (Å²) in [4.78, 5) is 10.6. The summed E-state index contributed by atoms with van der Waals surface area (Å²) in [5.74, 6) is -2.17. The molecule has 0 radical (unpaired) electrons. The predicted molar refractivity (Wildman–Crippen MR) is 54.4 cm³/mol. The lowest BCUT2D eigenvalue weighted by Crippen LogP contribution is -2.34. The third kappa shape index (κ3) is 3.46. The second-order valence-electron chi connectivity index (χ2n) is 3.88. The van der Waals surface area contributed by atoms with Crippen LogP contribution >= 0.6 is 0 Å². The van der Waals surface area contributed by atoms with Gasteiger partial charge in [-0.25, -0.2) is 8.42 Å². The van der Waals surface area contributed by atoms with Crippen LogP contribution in [0.25, 0.3) is 0 Å². The molecule has 1 aliphatic rings. The predicted octanol–water partition coefficient (Wildman–Crippen LogP) is 0.301. The molecule has 1 rings (SSSR count). The van der Waals surface area contributed by atoms with Gasteiger partial charge >= 0.3 is 5.97 Å². The van der Waals surface area contributed by atoms with Crippen LogP contribution in [0.15, 0.2) is 0 Å². The lowest BCUT2D eigenvalue weighted by molar-refractivity contribution is -0.140. The fraction of sp³-hybridized carbons (Fsp3) is 0.889. The summed E-state index contributed by atoms with van der Waals surface area (Å²) in [6.07, 6.45) is 0.962. The molecule has 5 nitrogen and oxygen atoms in total. The number of carboxylic acids is 1. The van der Waals surface area contributed by atoms with Crippen LogP contribution in [0, 0.1) is 5.92 Å². The molecule has 1 aliphatic heterocycles. The molecule has 1 heterocycles. The number of carbonyl (C=O) groups is 1. The SMILES string of the molecule is CC(CS(=O)(=O)C1CCOCC1)C(=O)O. The highest BCUT2D eigenvalue weighted by atomic mass is 32.2. The van der Waals surface area contributed by atoms with Gasteiger partial charge in [0.1, 0.15) is 0 Å². The van der Waals surface area contributed by atoms with Gasteiger partial charge in [-0.05, 0) is 12.8 Å². The zero-order valence-corrected chi connectivity index (χ0v) is 9.50. The number of hydrogen-bond donors (Lipinski definition) is 1. The van der Waals surface area contributed by atoms with Gasteiger partial charge in [0.2, 0.25) is 0 Å². The molecule has 0 aromatic heterocycles. The standard InChI is InChI=1S/C9H16O5S/c1-7(9(10)11)6-15(12,13)8-2-4-14-5-3-8/h7-8H,2-6H2,1H3,(H,10,11). The van der Waals surface area contributed by atoms with E-state index in [1.54, 1.807) is 0 Å². The van der Waals surface area contributed by atoms with E-state index in [1.165, 1.54) is 6.92 Å². The van der Waals surface area contributed by atoms with Gasteiger partial charge in [-0.3, -0.25) is 4.79 Å². The lowest BCUT2D eigenvalue weighted by Gasteiger charge is -2.22. The van der Waals surface area contributed by atoms with E-state index in [0.29, 0.717) is 26.1 Å². The Kier molecular flexibility index (Phi) is 4.10. The van der Waals surface area contributed by atoms with E-state index < -0.39 is 27.0 Å². The quantitative estimate of drug-likeness (QED) is 0.759. The molecule has 6 heteroatoms.